The average Bonchev–Trinajstić information content (AvgIpc) is 2.82. The largest absolute Gasteiger partial charge is 0.756 e. The summed E-state index contributed by atoms with van der Waals surface area (Å²) in [5, 5.41) is 2.88. The van der Waals surface area contributed by atoms with Crippen molar-refractivity contribution in [2.24, 2.45) is 0 Å². The van der Waals surface area contributed by atoms with E-state index in [1.165, 1.54) is 77.0 Å². The van der Waals surface area contributed by atoms with E-state index in [1.807, 2.05) is 21.1 Å². The lowest BCUT2D eigenvalue weighted by atomic mass is 10.0. The van der Waals surface area contributed by atoms with Crippen molar-refractivity contribution in [1.82, 2.24) is 5.32 Å². The van der Waals surface area contributed by atoms with Gasteiger partial charge in [-0.1, -0.05) is 90.4 Å². The van der Waals surface area contributed by atoms with Crippen LogP contribution in [0.5, 0.6) is 0 Å². The molecule has 0 aromatic rings. The molecule has 1 N–H and O–H groups in total. The SMILES string of the molecule is CCCCCCCCCCCCCCCCOCC(CNCC(=O)OCC)OP(=O)([O-])OCC[N+](C)(C)C. The van der Waals surface area contributed by atoms with Crippen LogP contribution in [0.15, 0.2) is 0 Å². The summed E-state index contributed by atoms with van der Waals surface area (Å²) < 4.78 is 33.7. The molecule has 38 heavy (non-hydrogen) atoms. The van der Waals surface area contributed by atoms with Crippen LogP contribution in [0.4, 0.5) is 0 Å². The van der Waals surface area contributed by atoms with Gasteiger partial charge in [0.25, 0.3) is 7.82 Å². The molecule has 10 heteroatoms. The average molecular weight is 567 g/mol. The maximum atomic E-state index is 12.3. The zero-order chi connectivity index (χ0) is 28.5. The maximum Gasteiger partial charge on any atom is 0.319 e. The minimum atomic E-state index is -4.50. The Morgan fingerprint density at radius 3 is 1.87 bits per heavy atom. The molecule has 0 aliphatic carbocycles. The van der Waals surface area contributed by atoms with E-state index in [4.69, 9.17) is 18.5 Å². The van der Waals surface area contributed by atoms with Crippen molar-refractivity contribution in [2.45, 2.75) is 110 Å². The first-order valence-corrected chi connectivity index (χ1v) is 16.4. The van der Waals surface area contributed by atoms with E-state index < -0.39 is 19.9 Å². The summed E-state index contributed by atoms with van der Waals surface area (Å²) in [7, 11) is 1.36. The molecule has 0 aliphatic rings. The number of esters is 1. The van der Waals surface area contributed by atoms with Crippen LogP contribution in [0.1, 0.15) is 104 Å². The summed E-state index contributed by atoms with van der Waals surface area (Å²) in [5.41, 5.74) is 0. The summed E-state index contributed by atoms with van der Waals surface area (Å²) in [6.45, 7) is 5.58. The molecule has 228 valence electrons. The van der Waals surface area contributed by atoms with Gasteiger partial charge in [0.2, 0.25) is 0 Å². The van der Waals surface area contributed by atoms with E-state index in [0.29, 0.717) is 24.2 Å². The first-order chi connectivity index (χ1) is 18.1. The van der Waals surface area contributed by atoms with Crippen LogP contribution in [0.25, 0.3) is 0 Å². The number of rotatable bonds is 28. The predicted octanol–water partition coefficient (Wildman–Crippen LogP) is 5.21. The normalized spacial score (nSPS) is 14.4. The number of carbonyl (C=O) groups is 1. The van der Waals surface area contributed by atoms with Crippen LogP contribution in [-0.4, -0.2) is 83.8 Å². The second-order valence-electron chi connectivity index (χ2n) is 11.1. The molecule has 0 aliphatic heterocycles. The van der Waals surface area contributed by atoms with Crippen molar-refractivity contribution in [1.29, 1.82) is 0 Å². The molecule has 0 spiro atoms. The number of likely N-dealkylation sites (N-methyl/N-ethyl adjacent to an activating group) is 1. The number of phosphoric ester groups is 1. The van der Waals surface area contributed by atoms with Gasteiger partial charge in [0.1, 0.15) is 19.3 Å². The predicted molar refractivity (Wildman–Crippen MR) is 152 cm³/mol. The highest BCUT2D eigenvalue weighted by Crippen LogP contribution is 2.39. The molecule has 0 fully saturated rings. The van der Waals surface area contributed by atoms with E-state index in [0.717, 1.165) is 12.8 Å². The summed E-state index contributed by atoms with van der Waals surface area (Å²) >= 11 is 0. The Kier molecular flexibility index (Phi) is 23.9. The van der Waals surface area contributed by atoms with E-state index >= 15 is 0 Å². The van der Waals surface area contributed by atoms with Gasteiger partial charge in [-0.2, -0.15) is 0 Å². The fourth-order valence-corrected chi connectivity index (χ4v) is 4.79. The number of unbranched alkanes of at least 4 members (excludes halogenated alkanes) is 13. The van der Waals surface area contributed by atoms with Crippen LogP contribution >= 0.6 is 7.82 Å². The molecule has 0 radical (unpaired) electrons. The van der Waals surface area contributed by atoms with Crippen molar-refractivity contribution in [3.8, 4) is 0 Å². The second kappa shape index (κ2) is 24.3. The van der Waals surface area contributed by atoms with Gasteiger partial charge in [-0.3, -0.25) is 9.36 Å². The molecule has 0 saturated carbocycles. The quantitative estimate of drug-likeness (QED) is 0.0595. The standard InChI is InChI=1S/C28H59N2O7P/c1-6-8-9-10-11-12-13-14-15-16-17-18-19-20-22-34-26-27(24-29-25-28(31)35-7-2)37-38(32,33)36-23-21-30(3,4)5/h27,29H,6-26H2,1-5H3. The van der Waals surface area contributed by atoms with Crippen molar-refractivity contribution >= 4 is 13.8 Å². The molecular formula is C28H59N2O7P. The van der Waals surface area contributed by atoms with Crippen LogP contribution in [0, 0.1) is 0 Å². The molecule has 0 aromatic heterocycles. The van der Waals surface area contributed by atoms with Crippen molar-refractivity contribution in [3.05, 3.63) is 0 Å². The van der Waals surface area contributed by atoms with Gasteiger partial charge in [-0.15, -0.1) is 0 Å². The van der Waals surface area contributed by atoms with Crippen molar-refractivity contribution in [2.75, 3.05) is 67.2 Å². The number of hydrogen-bond donors (Lipinski definition) is 1. The number of ether oxygens (including phenoxy) is 2. The highest BCUT2D eigenvalue weighted by molar-refractivity contribution is 7.45. The third-order valence-electron chi connectivity index (χ3n) is 6.18. The first kappa shape index (κ1) is 37.5. The van der Waals surface area contributed by atoms with Gasteiger partial charge in [0, 0.05) is 13.2 Å². The highest BCUT2D eigenvalue weighted by atomic mass is 31.2. The number of hydrogen-bond acceptors (Lipinski definition) is 8. The topological polar surface area (TPSA) is 106 Å². The lowest BCUT2D eigenvalue weighted by molar-refractivity contribution is -0.870. The van der Waals surface area contributed by atoms with Crippen LogP contribution in [-0.2, 0) is 27.9 Å². The lowest BCUT2D eigenvalue weighted by Crippen LogP contribution is -2.38. The molecule has 9 nitrogen and oxygen atoms in total. The minimum Gasteiger partial charge on any atom is -0.756 e. The zero-order valence-corrected chi connectivity index (χ0v) is 26.1. The molecule has 2 atom stereocenters. The Morgan fingerprint density at radius 2 is 1.37 bits per heavy atom. The highest BCUT2D eigenvalue weighted by Gasteiger charge is 2.20. The zero-order valence-electron chi connectivity index (χ0n) is 25.2. The number of carbonyl (C=O) groups excluding carboxylic acids is 1. The Hall–Kier alpha value is -0.540. The van der Waals surface area contributed by atoms with Crippen molar-refractivity contribution in [3.63, 3.8) is 0 Å². The summed E-state index contributed by atoms with van der Waals surface area (Å²) in [6, 6.07) is 0. The van der Waals surface area contributed by atoms with E-state index in [9.17, 15) is 14.3 Å². The van der Waals surface area contributed by atoms with E-state index in [2.05, 4.69) is 12.2 Å². The monoisotopic (exact) mass is 566 g/mol. The Morgan fingerprint density at radius 1 is 0.842 bits per heavy atom. The number of nitrogens with one attached hydrogen (secondary N) is 1. The number of phosphoric acid groups is 1. The Labute approximate surface area is 233 Å². The van der Waals surface area contributed by atoms with Crippen LogP contribution < -0.4 is 10.2 Å². The maximum absolute atomic E-state index is 12.3. The lowest BCUT2D eigenvalue weighted by Gasteiger charge is -2.30. The molecule has 2 unspecified atom stereocenters. The van der Waals surface area contributed by atoms with Gasteiger partial charge in [-0.25, -0.2) is 0 Å². The van der Waals surface area contributed by atoms with Crippen molar-refractivity contribution < 1.29 is 37.3 Å². The Bertz CT molecular complexity index is 602. The molecule has 0 aromatic carbocycles. The molecule has 0 rings (SSSR count). The molecule has 0 saturated heterocycles. The third-order valence-corrected chi connectivity index (χ3v) is 7.24. The van der Waals surface area contributed by atoms with Gasteiger partial charge in [-0.05, 0) is 13.3 Å². The van der Waals surface area contributed by atoms with E-state index in [-0.39, 0.29) is 26.3 Å². The Balaban J connectivity index is 4.06. The smallest absolute Gasteiger partial charge is 0.319 e. The van der Waals surface area contributed by atoms with E-state index in [1.54, 1.807) is 6.92 Å². The molecule has 0 amide bonds. The first-order valence-electron chi connectivity index (χ1n) is 15.0. The number of quaternary nitrogens is 1. The summed E-state index contributed by atoms with van der Waals surface area (Å²) in [5.74, 6) is -0.404. The fraction of sp³-hybridized carbons (Fsp3) is 0.964. The fourth-order valence-electron chi connectivity index (χ4n) is 3.93. The van der Waals surface area contributed by atoms with Gasteiger partial charge in [0.15, 0.2) is 0 Å². The number of nitrogens with zero attached hydrogens (tertiary/aromatic N) is 1. The van der Waals surface area contributed by atoms with Gasteiger partial charge in [0.05, 0.1) is 40.9 Å². The van der Waals surface area contributed by atoms with Gasteiger partial charge >= 0.3 is 5.97 Å². The van der Waals surface area contributed by atoms with Gasteiger partial charge < -0.3 is 33.2 Å². The molecular weight excluding hydrogens is 507 g/mol. The summed E-state index contributed by atoms with van der Waals surface area (Å²) in [6.07, 6.45) is 17.3. The van der Waals surface area contributed by atoms with Crippen LogP contribution in [0.2, 0.25) is 0 Å². The minimum absolute atomic E-state index is 0.0296. The molecule has 0 heterocycles. The van der Waals surface area contributed by atoms with Crippen LogP contribution in [0.3, 0.4) is 0 Å². The summed E-state index contributed by atoms with van der Waals surface area (Å²) in [4.78, 5) is 23.9. The third kappa shape index (κ3) is 27.0. The molecule has 0 bridgehead atoms. The second-order valence-corrected chi connectivity index (χ2v) is 12.5.